The van der Waals surface area contributed by atoms with Gasteiger partial charge in [0.2, 0.25) is 5.95 Å². The Kier molecular flexibility index (Phi) is 7.39. The number of aromatic amines is 1. The van der Waals surface area contributed by atoms with Crippen molar-refractivity contribution >= 4 is 16.7 Å². The summed E-state index contributed by atoms with van der Waals surface area (Å²) in [5.74, 6) is 1.14. The number of hydrogen-bond acceptors (Lipinski definition) is 9. The highest BCUT2D eigenvalue weighted by atomic mass is 19.4. The number of ether oxygens (including phenoxy) is 1. The summed E-state index contributed by atoms with van der Waals surface area (Å²) in [4.78, 5) is 25.0. The van der Waals surface area contributed by atoms with Gasteiger partial charge in [-0.05, 0) is 37.2 Å². The monoisotopic (exact) mass is 611 g/mol. The molecule has 44 heavy (non-hydrogen) atoms. The molecule has 1 aromatic carbocycles. The van der Waals surface area contributed by atoms with Gasteiger partial charge in [-0.15, -0.1) is 0 Å². The Labute approximate surface area is 249 Å². The van der Waals surface area contributed by atoms with Gasteiger partial charge in [0, 0.05) is 55.0 Å². The summed E-state index contributed by atoms with van der Waals surface area (Å²) in [6, 6.07) is 6.76. The molecule has 0 spiro atoms. The van der Waals surface area contributed by atoms with E-state index in [1.807, 2.05) is 27.3 Å². The highest BCUT2D eigenvalue weighted by Crippen LogP contribution is 2.40. The number of halogens is 3. The highest BCUT2D eigenvalue weighted by molar-refractivity contribution is 5.86. The molecule has 0 radical (unpaired) electrons. The summed E-state index contributed by atoms with van der Waals surface area (Å²) in [5, 5.41) is 29.1. The average Bonchev–Trinajstić information content (AvgIpc) is 3.70. The van der Waals surface area contributed by atoms with Crippen LogP contribution in [-0.2, 0) is 17.5 Å². The third-order valence-corrected chi connectivity index (χ3v) is 8.95. The van der Waals surface area contributed by atoms with Crippen molar-refractivity contribution in [2.45, 2.75) is 68.9 Å². The molecule has 232 valence electrons. The van der Waals surface area contributed by atoms with E-state index in [-0.39, 0.29) is 12.6 Å². The number of piperidine rings is 1. The Morgan fingerprint density at radius 3 is 2.52 bits per heavy atom. The fourth-order valence-electron chi connectivity index (χ4n) is 6.53. The van der Waals surface area contributed by atoms with Crippen LogP contribution in [0.3, 0.4) is 0 Å². The summed E-state index contributed by atoms with van der Waals surface area (Å²) in [7, 11) is 0. The number of alkyl halides is 3. The largest absolute Gasteiger partial charge is 0.423 e. The minimum atomic E-state index is -4.91. The Balaban J connectivity index is 1.06. The number of anilines is 1. The molecule has 3 aromatic heterocycles. The van der Waals surface area contributed by atoms with Crippen molar-refractivity contribution in [3.63, 3.8) is 0 Å². The van der Waals surface area contributed by atoms with Crippen molar-refractivity contribution in [3.8, 4) is 5.69 Å². The number of nitrogens with one attached hydrogen (secondary N) is 1. The van der Waals surface area contributed by atoms with E-state index in [0.717, 1.165) is 11.8 Å². The molecule has 14 heteroatoms. The van der Waals surface area contributed by atoms with E-state index in [1.165, 1.54) is 23.6 Å². The van der Waals surface area contributed by atoms with Gasteiger partial charge in [-0.1, -0.05) is 24.3 Å². The third kappa shape index (κ3) is 5.36. The predicted octanol–water partition coefficient (Wildman–Crippen LogP) is 2.95. The van der Waals surface area contributed by atoms with Gasteiger partial charge >= 0.3 is 6.18 Å². The summed E-state index contributed by atoms with van der Waals surface area (Å²) >= 11 is 0. The second-order valence-electron chi connectivity index (χ2n) is 11.7. The van der Waals surface area contributed by atoms with Crippen LogP contribution in [0.5, 0.6) is 0 Å². The molecule has 3 fully saturated rings. The van der Waals surface area contributed by atoms with E-state index in [1.54, 1.807) is 24.3 Å². The maximum Gasteiger partial charge on any atom is 0.423 e. The second-order valence-corrected chi connectivity index (χ2v) is 11.7. The first kappa shape index (κ1) is 28.9. The fraction of sp³-hybridized carbons (Fsp3) is 0.467. The number of likely N-dealkylation sites (tertiary alicyclic amines) is 1. The lowest BCUT2D eigenvalue weighted by molar-refractivity contribution is -0.138. The summed E-state index contributed by atoms with van der Waals surface area (Å²) in [5.41, 5.74) is -1.57. The molecule has 3 N–H and O–H groups in total. The minimum Gasteiger partial charge on any atom is -0.390 e. The van der Waals surface area contributed by atoms with Crippen molar-refractivity contribution in [2.24, 2.45) is 0 Å². The van der Waals surface area contributed by atoms with E-state index in [9.17, 15) is 28.2 Å². The van der Waals surface area contributed by atoms with Gasteiger partial charge < -0.3 is 24.4 Å². The SMILES string of the molecule is O=c1[nH]ncc(-n2cc3ccccc3c2CO[C@@H]2CCN([C@@H]3CCN(c4ncc(C5CC5)cn4)C[C@H]3O)[C@@H]2O)c1C(F)(F)F. The highest BCUT2D eigenvalue weighted by Gasteiger charge is 2.43. The van der Waals surface area contributed by atoms with Crippen molar-refractivity contribution in [1.82, 2.24) is 29.6 Å². The van der Waals surface area contributed by atoms with Gasteiger partial charge in [0.25, 0.3) is 5.56 Å². The zero-order chi connectivity index (χ0) is 30.6. The molecule has 4 aromatic rings. The van der Waals surface area contributed by atoms with E-state index in [2.05, 4.69) is 15.1 Å². The lowest BCUT2D eigenvalue weighted by Gasteiger charge is -2.41. The van der Waals surface area contributed by atoms with Crippen LogP contribution in [0.1, 0.15) is 48.4 Å². The number of benzene rings is 1. The molecule has 0 bridgehead atoms. The van der Waals surface area contributed by atoms with Crippen LogP contribution in [0, 0.1) is 0 Å². The lowest BCUT2D eigenvalue weighted by atomic mass is 10.0. The number of aliphatic hydroxyl groups excluding tert-OH is 2. The van der Waals surface area contributed by atoms with Gasteiger partial charge in [0.15, 0.2) is 0 Å². The van der Waals surface area contributed by atoms with E-state index in [4.69, 9.17) is 4.74 Å². The fourth-order valence-corrected chi connectivity index (χ4v) is 6.53. The molecule has 2 aliphatic heterocycles. The molecule has 11 nitrogen and oxygen atoms in total. The molecule has 4 atom stereocenters. The van der Waals surface area contributed by atoms with Crippen molar-refractivity contribution < 1.29 is 28.1 Å². The molecular formula is C30H32F3N7O4. The third-order valence-electron chi connectivity index (χ3n) is 8.95. The lowest BCUT2D eigenvalue weighted by Crippen LogP contribution is -2.56. The first-order valence-corrected chi connectivity index (χ1v) is 14.7. The normalized spacial score (nSPS) is 24.8. The Bertz CT molecular complexity index is 1710. The Hall–Kier alpha value is -3.85. The van der Waals surface area contributed by atoms with Gasteiger partial charge in [-0.3, -0.25) is 9.69 Å². The molecule has 3 aliphatic rings. The average molecular weight is 612 g/mol. The standard InChI is InChI=1S/C30H32F3N7O4/c31-30(32,33)26-22(13-36-37-27(26)42)40-14-18-3-1-2-4-20(18)23(40)16-44-25-8-10-39(28(25)43)21-7-9-38(15-24(21)41)29-34-11-19(12-35-29)17-5-6-17/h1-4,11-14,17,21,24-25,28,41,43H,5-10,15-16H2,(H,37,42)/t21-,24-,25-,28-/m1/s1. The zero-order valence-electron chi connectivity index (χ0n) is 23.7. The molecule has 0 unspecified atom stereocenters. The first-order valence-electron chi connectivity index (χ1n) is 14.7. The van der Waals surface area contributed by atoms with E-state index in [0.29, 0.717) is 60.8 Å². The molecule has 7 rings (SSSR count). The number of β-amino-alcohol motifs (C(OH)–C–C–N with tert-alkyl or cyclic N) is 1. The smallest absolute Gasteiger partial charge is 0.390 e. The molecular weight excluding hydrogens is 579 g/mol. The molecule has 5 heterocycles. The van der Waals surface area contributed by atoms with Gasteiger partial charge in [-0.2, -0.15) is 18.3 Å². The van der Waals surface area contributed by atoms with E-state index < -0.39 is 41.4 Å². The number of aromatic nitrogens is 5. The number of fused-ring (bicyclic) bond motifs is 1. The van der Waals surface area contributed by atoms with Crippen molar-refractivity contribution in [3.05, 3.63) is 76.2 Å². The summed E-state index contributed by atoms with van der Waals surface area (Å²) in [6.45, 7) is 1.30. The van der Waals surface area contributed by atoms with Gasteiger partial charge in [0.1, 0.15) is 11.8 Å². The van der Waals surface area contributed by atoms with E-state index >= 15 is 0 Å². The molecule has 0 amide bonds. The predicted molar refractivity (Wildman–Crippen MR) is 153 cm³/mol. The van der Waals surface area contributed by atoms with Crippen LogP contribution < -0.4 is 10.5 Å². The van der Waals surface area contributed by atoms with Gasteiger partial charge in [0.05, 0.1) is 36.4 Å². The van der Waals surface area contributed by atoms with Crippen LogP contribution in [0.2, 0.25) is 0 Å². The number of nitrogens with zero attached hydrogens (tertiary/aromatic N) is 6. The maximum atomic E-state index is 13.9. The minimum absolute atomic E-state index is 0.123. The van der Waals surface area contributed by atoms with Crippen LogP contribution in [-0.4, -0.2) is 84.0 Å². The Morgan fingerprint density at radius 2 is 1.80 bits per heavy atom. The molecule has 1 saturated carbocycles. The quantitative estimate of drug-likeness (QED) is 0.289. The molecule has 2 saturated heterocycles. The second kappa shape index (κ2) is 11.3. The number of aliphatic hydroxyl groups is 2. The Morgan fingerprint density at radius 1 is 1.02 bits per heavy atom. The number of H-pyrrole nitrogens is 1. The van der Waals surface area contributed by atoms with Crippen LogP contribution in [0.25, 0.3) is 16.5 Å². The van der Waals surface area contributed by atoms with Crippen molar-refractivity contribution in [2.75, 3.05) is 24.5 Å². The first-order chi connectivity index (χ1) is 21.2. The van der Waals surface area contributed by atoms with Crippen LogP contribution in [0.4, 0.5) is 19.1 Å². The summed E-state index contributed by atoms with van der Waals surface area (Å²) < 4.78 is 49.2. The topological polar surface area (TPSA) is 133 Å². The summed E-state index contributed by atoms with van der Waals surface area (Å²) in [6.07, 6.45) is 2.29. The van der Waals surface area contributed by atoms with Crippen molar-refractivity contribution in [1.29, 1.82) is 0 Å². The van der Waals surface area contributed by atoms with Gasteiger partial charge in [-0.25, -0.2) is 15.1 Å². The van der Waals surface area contributed by atoms with Crippen LogP contribution >= 0.6 is 0 Å². The zero-order valence-corrected chi connectivity index (χ0v) is 23.7. The number of rotatable bonds is 7. The molecule has 1 aliphatic carbocycles. The maximum absolute atomic E-state index is 13.9. The van der Waals surface area contributed by atoms with Crippen LogP contribution in [0.15, 0.2) is 53.8 Å². The number of hydrogen-bond donors (Lipinski definition) is 3.